The van der Waals surface area contributed by atoms with Gasteiger partial charge in [0.25, 0.3) is 0 Å². The Morgan fingerprint density at radius 3 is 2.85 bits per heavy atom. The third-order valence-electron chi connectivity index (χ3n) is 3.22. The number of hydrogen-bond donors (Lipinski definition) is 0. The highest BCUT2D eigenvalue weighted by molar-refractivity contribution is 5.77. The average Bonchev–Trinajstić information content (AvgIpc) is 2.77. The van der Waals surface area contributed by atoms with Crippen molar-refractivity contribution < 1.29 is 4.42 Å². The highest BCUT2D eigenvalue weighted by Gasteiger charge is 2.01. The van der Waals surface area contributed by atoms with Crippen molar-refractivity contribution in [1.82, 2.24) is 9.55 Å². The molecule has 0 amide bonds. The topological polar surface area (TPSA) is 48.0 Å². The fraction of sp³-hybridized carbons (Fsp3) is 0.125. The van der Waals surface area contributed by atoms with Gasteiger partial charge in [0, 0.05) is 18.7 Å². The first kappa shape index (κ1) is 12.2. The molecule has 2 heterocycles. The van der Waals surface area contributed by atoms with Crippen LogP contribution in [0.3, 0.4) is 0 Å². The third-order valence-corrected chi connectivity index (χ3v) is 3.22. The number of imidazole rings is 1. The number of nitrogens with zero attached hydrogens (tertiary/aromatic N) is 2. The van der Waals surface area contributed by atoms with Crippen LogP contribution in [0.25, 0.3) is 11.0 Å². The highest BCUT2D eigenvalue weighted by Crippen LogP contribution is 2.11. The molecule has 0 bridgehead atoms. The van der Waals surface area contributed by atoms with Gasteiger partial charge in [-0.25, -0.2) is 4.98 Å². The molecule has 98 valence electrons. The van der Waals surface area contributed by atoms with E-state index < -0.39 is 0 Å². The van der Waals surface area contributed by atoms with Gasteiger partial charge < -0.3 is 8.98 Å². The van der Waals surface area contributed by atoms with Crippen LogP contribution in [0.5, 0.6) is 0 Å². The van der Waals surface area contributed by atoms with E-state index in [1.54, 1.807) is 18.3 Å². The maximum atomic E-state index is 11.6. The predicted molar refractivity (Wildman–Crippen MR) is 76.4 cm³/mol. The van der Waals surface area contributed by atoms with E-state index in [1.807, 2.05) is 24.6 Å². The van der Waals surface area contributed by atoms with Gasteiger partial charge >= 0.3 is 0 Å². The molecular formula is C16H12N2O2. The van der Waals surface area contributed by atoms with E-state index in [0.29, 0.717) is 11.0 Å². The first-order valence-corrected chi connectivity index (χ1v) is 6.17. The van der Waals surface area contributed by atoms with Crippen molar-refractivity contribution in [2.24, 2.45) is 7.05 Å². The molecule has 4 heteroatoms. The molecule has 0 aliphatic carbocycles. The van der Waals surface area contributed by atoms with Gasteiger partial charge in [-0.2, -0.15) is 0 Å². The van der Waals surface area contributed by atoms with E-state index in [0.717, 1.165) is 17.1 Å². The van der Waals surface area contributed by atoms with Crippen molar-refractivity contribution >= 4 is 11.0 Å². The summed E-state index contributed by atoms with van der Waals surface area (Å²) in [5.41, 5.74) is 2.14. The molecule has 0 saturated carbocycles. The van der Waals surface area contributed by atoms with Gasteiger partial charge in [-0.15, -0.1) is 0 Å². The van der Waals surface area contributed by atoms with E-state index in [4.69, 9.17) is 4.42 Å². The zero-order valence-electron chi connectivity index (χ0n) is 11.2. The molecule has 20 heavy (non-hydrogen) atoms. The summed E-state index contributed by atoms with van der Waals surface area (Å²) < 4.78 is 7.25. The first-order chi connectivity index (χ1) is 9.65. The first-order valence-electron chi connectivity index (χ1n) is 6.17. The predicted octanol–water partition coefficient (Wildman–Crippen LogP) is 2.23. The van der Waals surface area contributed by atoms with Crippen molar-refractivity contribution in [3.63, 3.8) is 0 Å². The summed E-state index contributed by atoms with van der Waals surface area (Å²) in [5.74, 6) is 7.03. The minimum atomic E-state index is -0.0481. The largest absolute Gasteiger partial charge is 0.464 e. The summed E-state index contributed by atoms with van der Waals surface area (Å²) in [4.78, 5) is 15.8. The fourth-order valence-electron chi connectivity index (χ4n) is 1.91. The van der Waals surface area contributed by atoms with Gasteiger partial charge in [-0.05, 0) is 31.0 Å². The Labute approximate surface area is 115 Å². The van der Waals surface area contributed by atoms with Crippen molar-refractivity contribution in [2.75, 3.05) is 0 Å². The molecular weight excluding hydrogens is 252 g/mol. The number of fused-ring (bicyclic) bond motifs is 1. The summed E-state index contributed by atoms with van der Waals surface area (Å²) in [6.07, 6.45) is 3.13. The Bertz CT molecular complexity index is 907. The molecule has 0 atom stereocenters. The number of aromatic nitrogens is 2. The molecule has 0 N–H and O–H groups in total. The van der Waals surface area contributed by atoms with E-state index in [-0.39, 0.29) is 5.43 Å². The van der Waals surface area contributed by atoms with Crippen LogP contribution in [-0.4, -0.2) is 9.55 Å². The van der Waals surface area contributed by atoms with Crippen LogP contribution < -0.4 is 5.43 Å². The summed E-state index contributed by atoms with van der Waals surface area (Å²) in [6.45, 7) is 1.93. The highest BCUT2D eigenvalue weighted by atomic mass is 16.3. The Kier molecular flexibility index (Phi) is 2.88. The number of aryl methyl sites for hydroxylation is 1. The van der Waals surface area contributed by atoms with Gasteiger partial charge in [0.2, 0.25) is 0 Å². The van der Waals surface area contributed by atoms with Crippen LogP contribution in [0, 0.1) is 18.8 Å². The molecule has 2 aromatic heterocycles. The lowest BCUT2D eigenvalue weighted by atomic mass is 10.1. The number of rotatable bonds is 0. The van der Waals surface area contributed by atoms with Crippen LogP contribution in [0.4, 0.5) is 0 Å². The SMILES string of the molecule is Cc1ncc(C#Cc2ccc3c(=O)ccoc3c2)n1C. The summed E-state index contributed by atoms with van der Waals surface area (Å²) >= 11 is 0. The quantitative estimate of drug-likeness (QED) is 0.585. The van der Waals surface area contributed by atoms with Gasteiger partial charge in [0.05, 0.1) is 17.8 Å². The minimum Gasteiger partial charge on any atom is -0.464 e. The Morgan fingerprint density at radius 1 is 1.25 bits per heavy atom. The van der Waals surface area contributed by atoms with Crippen LogP contribution in [0.15, 0.2) is 45.9 Å². The molecule has 1 aromatic carbocycles. The Hall–Kier alpha value is -2.80. The maximum absolute atomic E-state index is 11.6. The smallest absolute Gasteiger partial charge is 0.192 e. The van der Waals surface area contributed by atoms with Crippen LogP contribution in [-0.2, 0) is 7.05 Å². The number of benzene rings is 1. The molecule has 3 aromatic rings. The van der Waals surface area contributed by atoms with Crippen LogP contribution in [0.1, 0.15) is 17.1 Å². The zero-order chi connectivity index (χ0) is 14.1. The van der Waals surface area contributed by atoms with Crippen LogP contribution in [0.2, 0.25) is 0 Å². The van der Waals surface area contributed by atoms with Crippen molar-refractivity contribution in [2.45, 2.75) is 6.92 Å². The average molecular weight is 264 g/mol. The lowest BCUT2D eigenvalue weighted by molar-refractivity contribution is 0.602. The third kappa shape index (κ3) is 2.10. The van der Waals surface area contributed by atoms with E-state index in [1.165, 1.54) is 12.3 Å². The summed E-state index contributed by atoms with van der Waals surface area (Å²) in [6, 6.07) is 6.73. The standard InChI is InChI=1S/C16H12N2O2/c1-11-17-10-13(18(11)2)5-3-12-4-6-14-15(19)7-8-20-16(14)9-12/h4,6-10H,1-2H3. The van der Waals surface area contributed by atoms with Gasteiger partial charge in [-0.3, -0.25) is 4.79 Å². The van der Waals surface area contributed by atoms with Gasteiger partial charge in [0.1, 0.15) is 17.1 Å². The second-order valence-corrected chi connectivity index (χ2v) is 4.50. The van der Waals surface area contributed by atoms with E-state index >= 15 is 0 Å². The fourth-order valence-corrected chi connectivity index (χ4v) is 1.91. The monoisotopic (exact) mass is 264 g/mol. The molecule has 0 spiro atoms. The van der Waals surface area contributed by atoms with Crippen molar-refractivity contribution in [3.8, 4) is 11.8 Å². The Balaban J connectivity index is 2.04. The second-order valence-electron chi connectivity index (χ2n) is 4.50. The molecule has 0 unspecified atom stereocenters. The van der Waals surface area contributed by atoms with Crippen molar-refractivity contribution in [1.29, 1.82) is 0 Å². The summed E-state index contributed by atoms with van der Waals surface area (Å²) in [7, 11) is 1.92. The minimum absolute atomic E-state index is 0.0481. The molecule has 0 saturated heterocycles. The molecule has 0 radical (unpaired) electrons. The normalized spacial score (nSPS) is 10.3. The maximum Gasteiger partial charge on any atom is 0.192 e. The lowest BCUT2D eigenvalue weighted by Crippen LogP contribution is -1.97. The van der Waals surface area contributed by atoms with Gasteiger partial charge in [0.15, 0.2) is 5.43 Å². The van der Waals surface area contributed by atoms with Crippen molar-refractivity contribution in [3.05, 3.63) is 64.0 Å². The molecule has 4 nitrogen and oxygen atoms in total. The number of hydrogen-bond acceptors (Lipinski definition) is 3. The Morgan fingerprint density at radius 2 is 2.10 bits per heavy atom. The lowest BCUT2D eigenvalue weighted by Gasteiger charge is -1.97. The van der Waals surface area contributed by atoms with E-state index in [9.17, 15) is 4.79 Å². The zero-order valence-corrected chi connectivity index (χ0v) is 11.2. The van der Waals surface area contributed by atoms with Gasteiger partial charge in [-0.1, -0.05) is 5.92 Å². The summed E-state index contributed by atoms with van der Waals surface area (Å²) in [5, 5.41) is 0.564. The van der Waals surface area contributed by atoms with E-state index in [2.05, 4.69) is 16.8 Å². The molecule has 0 aliphatic heterocycles. The van der Waals surface area contributed by atoms with Crippen LogP contribution >= 0.6 is 0 Å². The second kappa shape index (κ2) is 4.71. The molecule has 0 fully saturated rings. The molecule has 3 rings (SSSR count). The molecule has 0 aliphatic rings.